The Balaban J connectivity index is 2.25. The van der Waals surface area contributed by atoms with Crippen LogP contribution in [-0.4, -0.2) is 21.7 Å². The summed E-state index contributed by atoms with van der Waals surface area (Å²) in [5.41, 5.74) is 2.01. The molecule has 1 aromatic carbocycles. The third-order valence-electron chi connectivity index (χ3n) is 3.11. The molecule has 3 nitrogen and oxygen atoms in total. The minimum Gasteiger partial charge on any atom is -0.389 e. The van der Waals surface area contributed by atoms with Crippen molar-refractivity contribution in [3.05, 3.63) is 48.7 Å². The predicted molar refractivity (Wildman–Crippen MR) is 72.7 cm³/mol. The van der Waals surface area contributed by atoms with Gasteiger partial charge in [-0.15, -0.1) is 6.58 Å². The average Bonchev–Trinajstić information content (AvgIpc) is 2.74. The summed E-state index contributed by atoms with van der Waals surface area (Å²) in [6.45, 7) is 5.49. The number of hydrogen-bond donors (Lipinski definition) is 1. The molecule has 0 fully saturated rings. The highest BCUT2D eigenvalue weighted by molar-refractivity contribution is 5.94. The molecular formula is C15H17NO2. The number of aliphatic hydroxyl groups excluding tert-OH is 1. The lowest BCUT2D eigenvalue weighted by Gasteiger charge is -2.06. The van der Waals surface area contributed by atoms with Crippen LogP contribution in [0.25, 0.3) is 10.9 Å². The number of para-hydroxylation sites is 1. The normalized spacial score (nSPS) is 12.6. The molecule has 1 unspecified atom stereocenters. The number of hydrogen-bond acceptors (Lipinski definition) is 2. The van der Waals surface area contributed by atoms with Gasteiger partial charge < -0.3 is 5.11 Å². The Morgan fingerprint density at radius 2 is 2.22 bits per heavy atom. The number of fused-ring (bicyclic) bond motifs is 1. The van der Waals surface area contributed by atoms with Gasteiger partial charge in [-0.05, 0) is 25.0 Å². The van der Waals surface area contributed by atoms with Crippen molar-refractivity contribution in [3.8, 4) is 0 Å². The van der Waals surface area contributed by atoms with E-state index < -0.39 is 6.10 Å². The van der Waals surface area contributed by atoms with Gasteiger partial charge in [-0.3, -0.25) is 9.36 Å². The van der Waals surface area contributed by atoms with Gasteiger partial charge in [0.25, 0.3) is 0 Å². The summed E-state index contributed by atoms with van der Waals surface area (Å²) in [6, 6.07) is 7.83. The number of aliphatic hydroxyl groups is 1. The topological polar surface area (TPSA) is 42.2 Å². The number of nitrogens with zero attached hydrogens (tertiary/aromatic N) is 1. The van der Waals surface area contributed by atoms with Crippen molar-refractivity contribution >= 4 is 16.8 Å². The molecule has 0 aliphatic rings. The summed E-state index contributed by atoms with van der Waals surface area (Å²) in [4.78, 5) is 12.1. The Kier molecular flexibility index (Phi) is 3.63. The van der Waals surface area contributed by atoms with Crippen LogP contribution in [0.4, 0.5) is 0 Å². The van der Waals surface area contributed by atoms with E-state index in [0.717, 1.165) is 16.5 Å². The largest absolute Gasteiger partial charge is 0.389 e. The smallest absolute Gasteiger partial charge is 0.231 e. The number of benzene rings is 1. The van der Waals surface area contributed by atoms with Crippen molar-refractivity contribution in [2.24, 2.45) is 0 Å². The summed E-state index contributed by atoms with van der Waals surface area (Å²) >= 11 is 0. The van der Waals surface area contributed by atoms with Crippen molar-refractivity contribution in [2.45, 2.75) is 25.9 Å². The van der Waals surface area contributed by atoms with Crippen LogP contribution in [0.1, 0.15) is 23.2 Å². The first-order valence-corrected chi connectivity index (χ1v) is 6.04. The van der Waals surface area contributed by atoms with E-state index in [4.69, 9.17) is 0 Å². The zero-order valence-corrected chi connectivity index (χ0v) is 10.5. The number of aromatic nitrogens is 1. The second kappa shape index (κ2) is 5.19. The van der Waals surface area contributed by atoms with Crippen molar-refractivity contribution in [1.82, 2.24) is 4.57 Å². The van der Waals surface area contributed by atoms with Gasteiger partial charge in [0.2, 0.25) is 5.91 Å². The Labute approximate surface area is 106 Å². The van der Waals surface area contributed by atoms with Gasteiger partial charge in [0.15, 0.2) is 0 Å². The molecule has 0 saturated carbocycles. The van der Waals surface area contributed by atoms with Crippen LogP contribution in [0.15, 0.2) is 43.1 Å². The van der Waals surface area contributed by atoms with E-state index in [-0.39, 0.29) is 5.91 Å². The molecule has 3 heteroatoms. The molecule has 1 heterocycles. The maximum absolute atomic E-state index is 12.1. The molecule has 2 aromatic rings. The number of carbonyl (C=O) groups excluding carboxylic acids is 1. The van der Waals surface area contributed by atoms with Crippen LogP contribution in [0.5, 0.6) is 0 Å². The van der Waals surface area contributed by atoms with Crippen molar-refractivity contribution in [3.63, 3.8) is 0 Å². The number of rotatable bonds is 4. The molecule has 94 valence electrons. The molecule has 0 saturated heterocycles. The second-order valence-electron chi connectivity index (χ2n) is 4.43. The van der Waals surface area contributed by atoms with Gasteiger partial charge in [-0.2, -0.15) is 0 Å². The molecule has 2 rings (SSSR count). The van der Waals surface area contributed by atoms with E-state index in [9.17, 15) is 9.90 Å². The molecule has 1 aromatic heterocycles. The Hall–Kier alpha value is -1.87. The van der Waals surface area contributed by atoms with Gasteiger partial charge in [0.05, 0.1) is 11.6 Å². The van der Waals surface area contributed by atoms with Gasteiger partial charge in [0.1, 0.15) is 0 Å². The molecule has 18 heavy (non-hydrogen) atoms. The van der Waals surface area contributed by atoms with Crippen molar-refractivity contribution in [2.75, 3.05) is 0 Å². The molecule has 1 N–H and O–H groups in total. The van der Waals surface area contributed by atoms with E-state index in [1.54, 1.807) is 4.57 Å². The standard InChI is InChI=1S/C15H17NO2/c1-3-12(17)8-9-15(18)16-10-11(2)13-6-4-5-7-14(13)16/h3-7,10,12,17H,1,8-9H2,2H3. The zero-order chi connectivity index (χ0) is 13.1. The highest BCUT2D eigenvalue weighted by Crippen LogP contribution is 2.20. The van der Waals surface area contributed by atoms with Crippen LogP contribution in [-0.2, 0) is 0 Å². The van der Waals surface area contributed by atoms with Crippen LogP contribution in [0.2, 0.25) is 0 Å². The van der Waals surface area contributed by atoms with Gasteiger partial charge in [-0.25, -0.2) is 0 Å². The molecule has 0 aliphatic carbocycles. The first-order chi connectivity index (χ1) is 8.63. The van der Waals surface area contributed by atoms with Crippen LogP contribution in [0, 0.1) is 6.92 Å². The van der Waals surface area contributed by atoms with E-state index in [2.05, 4.69) is 6.58 Å². The highest BCUT2D eigenvalue weighted by atomic mass is 16.3. The molecule has 1 atom stereocenters. The SMILES string of the molecule is C=CC(O)CCC(=O)n1cc(C)c2ccccc21. The fraction of sp³-hybridized carbons (Fsp3) is 0.267. The fourth-order valence-corrected chi connectivity index (χ4v) is 2.07. The quantitative estimate of drug-likeness (QED) is 0.839. The Morgan fingerprint density at radius 3 is 2.94 bits per heavy atom. The van der Waals surface area contributed by atoms with E-state index in [0.29, 0.717) is 12.8 Å². The maximum Gasteiger partial charge on any atom is 0.231 e. The fourth-order valence-electron chi connectivity index (χ4n) is 2.07. The number of carbonyl (C=O) groups is 1. The van der Waals surface area contributed by atoms with Crippen molar-refractivity contribution in [1.29, 1.82) is 0 Å². The lowest BCUT2D eigenvalue weighted by atomic mass is 10.2. The first-order valence-electron chi connectivity index (χ1n) is 6.04. The molecule has 0 aliphatic heterocycles. The van der Waals surface area contributed by atoms with Gasteiger partial charge >= 0.3 is 0 Å². The Bertz CT molecular complexity index is 583. The highest BCUT2D eigenvalue weighted by Gasteiger charge is 2.12. The summed E-state index contributed by atoms with van der Waals surface area (Å²) in [5.74, 6) is 0.000185. The molecule has 0 amide bonds. The summed E-state index contributed by atoms with van der Waals surface area (Å²) in [5, 5.41) is 10.5. The minimum absolute atomic E-state index is 0.000185. The minimum atomic E-state index is -0.614. The average molecular weight is 243 g/mol. The summed E-state index contributed by atoms with van der Waals surface area (Å²) in [7, 11) is 0. The second-order valence-corrected chi connectivity index (χ2v) is 4.43. The third kappa shape index (κ3) is 2.36. The van der Waals surface area contributed by atoms with E-state index >= 15 is 0 Å². The molecule has 0 bridgehead atoms. The maximum atomic E-state index is 12.1. The van der Waals surface area contributed by atoms with Crippen LogP contribution < -0.4 is 0 Å². The number of aryl methyl sites for hydroxylation is 1. The van der Waals surface area contributed by atoms with Crippen molar-refractivity contribution < 1.29 is 9.90 Å². The third-order valence-corrected chi connectivity index (χ3v) is 3.11. The summed E-state index contributed by atoms with van der Waals surface area (Å²) in [6.07, 6.45) is 3.41. The van der Waals surface area contributed by atoms with Gasteiger partial charge in [-0.1, -0.05) is 24.3 Å². The van der Waals surface area contributed by atoms with Gasteiger partial charge in [0, 0.05) is 18.0 Å². The molecule has 0 radical (unpaired) electrons. The van der Waals surface area contributed by atoms with Crippen LogP contribution >= 0.6 is 0 Å². The van der Waals surface area contributed by atoms with E-state index in [1.807, 2.05) is 37.4 Å². The predicted octanol–water partition coefficient (Wildman–Crippen LogP) is 2.92. The monoisotopic (exact) mass is 243 g/mol. The van der Waals surface area contributed by atoms with Crippen LogP contribution in [0.3, 0.4) is 0 Å². The lowest BCUT2D eigenvalue weighted by molar-refractivity contribution is 0.0883. The lowest BCUT2D eigenvalue weighted by Crippen LogP contribution is -2.12. The Morgan fingerprint density at radius 1 is 1.50 bits per heavy atom. The molecule has 0 spiro atoms. The van der Waals surface area contributed by atoms with E-state index in [1.165, 1.54) is 6.08 Å². The molecular weight excluding hydrogens is 226 g/mol. The first kappa shape index (κ1) is 12.6. The summed E-state index contributed by atoms with van der Waals surface area (Å²) < 4.78 is 1.67. The zero-order valence-electron chi connectivity index (χ0n) is 10.5.